The van der Waals surface area contributed by atoms with Crippen molar-refractivity contribution in [3.63, 3.8) is 0 Å². The van der Waals surface area contributed by atoms with E-state index in [1.54, 1.807) is 6.07 Å². The molecule has 0 amide bonds. The molecule has 0 unspecified atom stereocenters. The van der Waals surface area contributed by atoms with E-state index >= 15 is 0 Å². The minimum Gasteiger partial charge on any atom is -0.206 e. The molecule has 0 saturated heterocycles. The normalized spacial score (nSPS) is 10.7. The van der Waals surface area contributed by atoms with Crippen LogP contribution in [0.1, 0.15) is 27.8 Å². The van der Waals surface area contributed by atoms with Gasteiger partial charge in [-0.1, -0.05) is 89.7 Å². The molecule has 34 heavy (non-hydrogen) atoms. The van der Waals surface area contributed by atoms with Crippen molar-refractivity contribution in [3.05, 3.63) is 131 Å². The third kappa shape index (κ3) is 4.49. The minimum atomic E-state index is -0.249. The average molecular weight is 441 g/mol. The van der Waals surface area contributed by atoms with Crippen LogP contribution in [0.25, 0.3) is 33.0 Å². The second-order valence-electron chi connectivity index (χ2n) is 8.91. The highest BCUT2D eigenvalue weighted by Crippen LogP contribution is 2.27. The maximum Gasteiger partial charge on any atom is 0.132 e. The summed E-state index contributed by atoms with van der Waals surface area (Å²) in [6.07, 6.45) is 0. The number of hydrogen-bond acceptors (Lipinski definition) is 0. The van der Waals surface area contributed by atoms with Crippen molar-refractivity contribution in [2.45, 2.75) is 20.8 Å². The molecule has 0 aliphatic heterocycles. The van der Waals surface area contributed by atoms with Gasteiger partial charge in [0, 0.05) is 16.7 Å². The van der Waals surface area contributed by atoms with E-state index in [2.05, 4.69) is 67.3 Å². The first kappa shape index (κ1) is 21.7. The summed E-state index contributed by atoms with van der Waals surface area (Å²) in [5, 5.41) is 2.49. The molecule has 5 rings (SSSR count). The molecular formula is C33H25F. The van der Waals surface area contributed by atoms with Crippen LogP contribution in [-0.4, -0.2) is 0 Å². The van der Waals surface area contributed by atoms with Gasteiger partial charge in [-0.05, 0) is 84.1 Å². The Hall–Kier alpha value is -4.15. The van der Waals surface area contributed by atoms with Gasteiger partial charge in [-0.2, -0.15) is 0 Å². The summed E-state index contributed by atoms with van der Waals surface area (Å²) in [7, 11) is 0. The van der Waals surface area contributed by atoms with Crippen molar-refractivity contribution in [2.75, 3.05) is 0 Å². The van der Waals surface area contributed by atoms with Crippen LogP contribution in [0.5, 0.6) is 0 Å². The van der Waals surface area contributed by atoms with Gasteiger partial charge in [-0.3, -0.25) is 0 Å². The van der Waals surface area contributed by atoms with Gasteiger partial charge in [-0.15, -0.1) is 0 Å². The molecule has 0 fully saturated rings. The monoisotopic (exact) mass is 440 g/mol. The summed E-state index contributed by atoms with van der Waals surface area (Å²) in [6.45, 7) is 6.12. The van der Waals surface area contributed by atoms with E-state index in [1.807, 2.05) is 56.3 Å². The second-order valence-corrected chi connectivity index (χ2v) is 8.91. The van der Waals surface area contributed by atoms with E-state index in [0.29, 0.717) is 11.1 Å². The molecule has 0 atom stereocenters. The van der Waals surface area contributed by atoms with Gasteiger partial charge in [0.1, 0.15) is 5.82 Å². The number of halogens is 1. The van der Waals surface area contributed by atoms with Crippen molar-refractivity contribution >= 4 is 10.8 Å². The van der Waals surface area contributed by atoms with Crippen LogP contribution in [0.3, 0.4) is 0 Å². The Morgan fingerprint density at radius 1 is 0.529 bits per heavy atom. The van der Waals surface area contributed by atoms with Crippen LogP contribution >= 0.6 is 0 Å². The molecule has 1 heteroatoms. The number of benzene rings is 5. The van der Waals surface area contributed by atoms with Crippen molar-refractivity contribution in [3.8, 4) is 34.1 Å². The Morgan fingerprint density at radius 3 is 1.91 bits per heavy atom. The molecule has 0 saturated carbocycles. The zero-order valence-electron chi connectivity index (χ0n) is 19.6. The van der Waals surface area contributed by atoms with E-state index in [0.717, 1.165) is 27.8 Å². The molecule has 164 valence electrons. The van der Waals surface area contributed by atoms with Gasteiger partial charge < -0.3 is 0 Å². The van der Waals surface area contributed by atoms with Crippen LogP contribution < -0.4 is 0 Å². The molecule has 0 N–H and O–H groups in total. The van der Waals surface area contributed by atoms with E-state index in [1.165, 1.54) is 21.9 Å². The van der Waals surface area contributed by atoms with E-state index < -0.39 is 0 Å². The smallest absolute Gasteiger partial charge is 0.132 e. The maximum atomic E-state index is 14.8. The van der Waals surface area contributed by atoms with Crippen LogP contribution in [0.4, 0.5) is 4.39 Å². The third-order valence-electron chi connectivity index (χ3n) is 6.23. The van der Waals surface area contributed by atoms with Gasteiger partial charge in [0.2, 0.25) is 0 Å². The highest BCUT2D eigenvalue weighted by Gasteiger charge is 2.08. The summed E-state index contributed by atoms with van der Waals surface area (Å²) in [5.41, 5.74) is 8.83. The summed E-state index contributed by atoms with van der Waals surface area (Å²) in [4.78, 5) is 0. The molecule has 0 radical (unpaired) electrons. The van der Waals surface area contributed by atoms with Crippen molar-refractivity contribution in [1.82, 2.24) is 0 Å². The Kier molecular flexibility index (Phi) is 5.74. The van der Waals surface area contributed by atoms with Crippen molar-refractivity contribution < 1.29 is 4.39 Å². The minimum absolute atomic E-state index is 0.249. The number of hydrogen-bond donors (Lipinski definition) is 0. The van der Waals surface area contributed by atoms with Gasteiger partial charge >= 0.3 is 0 Å². The summed E-state index contributed by atoms with van der Waals surface area (Å²) >= 11 is 0. The summed E-state index contributed by atoms with van der Waals surface area (Å²) in [6, 6.07) is 32.6. The second kappa shape index (κ2) is 9.00. The lowest BCUT2D eigenvalue weighted by Crippen LogP contribution is -1.91. The fourth-order valence-corrected chi connectivity index (χ4v) is 4.20. The molecule has 5 aromatic rings. The molecule has 0 spiro atoms. The standard InChI is InChI=1S/C33H25F/c1-22-4-10-27(11-5-22)32-19-24(3)28(21-33(32)34)15-9-25-7-13-26(14-8-25)30-17-16-29-18-23(2)6-12-31(29)20-30/h4-8,10-14,16-21H,1-3H3. The van der Waals surface area contributed by atoms with Gasteiger partial charge in [-0.25, -0.2) is 4.39 Å². The number of aryl methyl sites for hydroxylation is 3. The highest BCUT2D eigenvalue weighted by molar-refractivity contribution is 5.87. The topological polar surface area (TPSA) is 0 Å². The molecule has 0 aliphatic rings. The zero-order chi connectivity index (χ0) is 23.7. The van der Waals surface area contributed by atoms with Crippen molar-refractivity contribution in [1.29, 1.82) is 0 Å². The largest absolute Gasteiger partial charge is 0.206 e. The molecule has 5 aromatic carbocycles. The molecular weight excluding hydrogens is 415 g/mol. The molecule has 0 aliphatic carbocycles. The Balaban J connectivity index is 1.39. The highest BCUT2D eigenvalue weighted by atomic mass is 19.1. The fourth-order valence-electron chi connectivity index (χ4n) is 4.20. The van der Waals surface area contributed by atoms with Crippen LogP contribution in [0.15, 0.2) is 97.1 Å². The predicted molar refractivity (Wildman–Crippen MR) is 141 cm³/mol. The van der Waals surface area contributed by atoms with E-state index in [9.17, 15) is 4.39 Å². The maximum absolute atomic E-state index is 14.8. The fraction of sp³-hybridized carbons (Fsp3) is 0.0909. The van der Waals surface area contributed by atoms with Crippen molar-refractivity contribution in [2.24, 2.45) is 0 Å². The first-order chi connectivity index (χ1) is 16.5. The molecule has 0 heterocycles. The lowest BCUT2D eigenvalue weighted by molar-refractivity contribution is 0.630. The Labute approximate surface area is 200 Å². The van der Waals surface area contributed by atoms with Gasteiger partial charge in [0.25, 0.3) is 0 Å². The zero-order valence-corrected chi connectivity index (χ0v) is 19.6. The predicted octanol–water partition coefficient (Wildman–Crippen LogP) is 8.64. The van der Waals surface area contributed by atoms with Crippen LogP contribution in [0, 0.1) is 38.4 Å². The van der Waals surface area contributed by atoms with E-state index in [4.69, 9.17) is 0 Å². The molecule has 0 bridgehead atoms. The van der Waals surface area contributed by atoms with Crippen LogP contribution in [-0.2, 0) is 0 Å². The Bertz CT molecular complexity index is 1560. The first-order valence-corrected chi connectivity index (χ1v) is 11.5. The third-order valence-corrected chi connectivity index (χ3v) is 6.23. The van der Waals surface area contributed by atoms with Gasteiger partial charge in [0.05, 0.1) is 0 Å². The quantitative estimate of drug-likeness (QED) is 0.241. The Morgan fingerprint density at radius 2 is 1.15 bits per heavy atom. The summed E-state index contributed by atoms with van der Waals surface area (Å²) in [5.74, 6) is 6.10. The number of rotatable bonds is 2. The lowest BCUT2D eigenvalue weighted by Gasteiger charge is -2.07. The number of fused-ring (bicyclic) bond motifs is 1. The molecule has 0 aromatic heterocycles. The molecule has 0 nitrogen and oxygen atoms in total. The van der Waals surface area contributed by atoms with Gasteiger partial charge in [0.15, 0.2) is 0 Å². The average Bonchev–Trinajstić information content (AvgIpc) is 2.85. The summed E-state index contributed by atoms with van der Waals surface area (Å²) < 4.78 is 14.8. The van der Waals surface area contributed by atoms with Crippen LogP contribution in [0.2, 0.25) is 0 Å². The lowest BCUT2D eigenvalue weighted by atomic mass is 9.98. The van der Waals surface area contributed by atoms with E-state index in [-0.39, 0.29) is 5.82 Å². The SMILES string of the molecule is Cc1ccc(-c2cc(C)c(C#Cc3ccc(-c4ccc5cc(C)ccc5c4)cc3)cc2F)cc1. The first-order valence-electron chi connectivity index (χ1n) is 11.5.